The van der Waals surface area contributed by atoms with Gasteiger partial charge in [0.1, 0.15) is 0 Å². The Balaban J connectivity index is 0.00000308. The van der Waals surface area contributed by atoms with Crippen molar-refractivity contribution in [3.8, 4) is 11.1 Å². The highest BCUT2D eigenvalue weighted by atomic mass is 35.5. The first kappa shape index (κ1) is 28.1. The van der Waals surface area contributed by atoms with E-state index in [0.29, 0.717) is 54.9 Å². The van der Waals surface area contributed by atoms with Crippen molar-refractivity contribution >= 4 is 47.4 Å². The monoisotopic (exact) mass is 590 g/mol. The zero-order chi connectivity index (χ0) is 26.2. The first-order chi connectivity index (χ1) is 18.5. The number of rotatable bonds is 5. The maximum Gasteiger partial charge on any atom is 0.254 e. The second kappa shape index (κ2) is 12.0. The first-order valence-electron chi connectivity index (χ1n) is 13.4. The van der Waals surface area contributed by atoms with Gasteiger partial charge in [-0.15, -0.1) is 12.4 Å². The summed E-state index contributed by atoms with van der Waals surface area (Å²) >= 11 is 13.6. The van der Waals surface area contributed by atoms with Crippen molar-refractivity contribution in [1.82, 2.24) is 20.0 Å². The number of morpholine rings is 1. The fourth-order valence-electron chi connectivity index (χ4n) is 6.04. The Morgan fingerprint density at radius 2 is 1.72 bits per heavy atom. The standard InChI is InChI=1S/C29H32Cl2N4O3.ClH/c30-24-14-21(19-3-5-20(6-4-19)29(37)33-10-12-38-13-11-33)15-25(31)23(24)17-34-18-32-26-8-7-22(16-27(26)34)35-9-1-2-28(35)36;/h3-6,14-15,22,32H,1-2,7-13,16-18H2;1H/t22-;/m1./s1. The number of halogens is 3. The number of nitrogens with one attached hydrogen (secondary N) is 1. The molecule has 7 nitrogen and oxygen atoms in total. The molecule has 4 aliphatic rings. The van der Waals surface area contributed by atoms with Crippen LogP contribution in [0.25, 0.3) is 11.1 Å². The molecule has 3 aliphatic heterocycles. The van der Waals surface area contributed by atoms with Gasteiger partial charge in [-0.2, -0.15) is 0 Å². The van der Waals surface area contributed by atoms with E-state index in [1.165, 1.54) is 11.4 Å². The molecule has 0 saturated carbocycles. The third kappa shape index (κ3) is 5.73. The lowest BCUT2D eigenvalue weighted by atomic mass is 9.95. The summed E-state index contributed by atoms with van der Waals surface area (Å²) in [5, 5.41) is 4.79. The van der Waals surface area contributed by atoms with Gasteiger partial charge < -0.3 is 24.8 Å². The van der Waals surface area contributed by atoms with Crippen LogP contribution in [0.3, 0.4) is 0 Å². The SMILES string of the molecule is Cl.O=C(c1ccc(-c2cc(Cl)c(CN3CNC4=C3C[C@H](N3CCCC3=O)CC4)c(Cl)c2)cc1)N1CCOCC1. The zero-order valence-corrected chi connectivity index (χ0v) is 24.1. The van der Waals surface area contributed by atoms with Crippen LogP contribution in [0.4, 0.5) is 0 Å². The van der Waals surface area contributed by atoms with Gasteiger partial charge in [0.05, 0.1) is 19.9 Å². The molecule has 2 aromatic rings. The maximum atomic E-state index is 12.8. The molecular formula is C29H33Cl3N4O3. The van der Waals surface area contributed by atoms with E-state index in [1.54, 1.807) is 0 Å². The molecule has 0 unspecified atom stereocenters. The van der Waals surface area contributed by atoms with Crippen LogP contribution in [0.2, 0.25) is 10.0 Å². The second-order valence-corrected chi connectivity index (χ2v) is 11.3. The molecule has 0 spiro atoms. The normalized spacial score (nSPS) is 21.1. The molecule has 39 heavy (non-hydrogen) atoms. The summed E-state index contributed by atoms with van der Waals surface area (Å²) in [6.45, 7) is 4.61. The van der Waals surface area contributed by atoms with Crippen LogP contribution in [0.5, 0.6) is 0 Å². The van der Waals surface area contributed by atoms with Crippen molar-refractivity contribution in [2.75, 3.05) is 39.5 Å². The van der Waals surface area contributed by atoms with Gasteiger partial charge >= 0.3 is 0 Å². The number of likely N-dealkylation sites (tertiary alicyclic amines) is 1. The van der Waals surface area contributed by atoms with Crippen LogP contribution < -0.4 is 5.32 Å². The number of hydrogen-bond acceptors (Lipinski definition) is 5. The Kier molecular flexibility index (Phi) is 8.62. The summed E-state index contributed by atoms with van der Waals surface area (Å²) in [5.74, 6) is 0.315. The van der Waals surface area contributed by atoms with E-state index in [2.05, 4.69) is 15.1 Å². The molecular weight excluding hydrogens is 559 g/mol. The molecule has 1 aliphatic carbocycles. The molecule has 0 bridgehead atoms. The summed E-state index contributed by atoms with van der Waals surface area (Å²) < 4.78 is 5.35. The summed E-state index contributed by atoms with van der Waals surface area (Å²) in [6.07, 6.45) is 4.49. The van der Waals surface area contributed by atoms with Crippen molar-refractivity contribution in [3.05, 3.63) is 69.0 Å². The lowest BCUT2D eigenvalue weighted by Gasteiger charge is -2.34. The molecule has 0 radical (unpaired) electrons. The Bertz CT molecular complexity index is 1250. The van der Waals surface area contributed by atoms with E-state index in [9.17, 15) is 9.59 Å². The van der Waals surface area contributed by atoms with Gasteiger partial charge in [-0.3, -0.25) is 9.59 Å². The molecule has 0 aromatic heterocycles. The number of allylic oxidation sites excluding steroid dienone is 1. The van der Waals surface area contributed by atoms with Gasteiger partial charge in [-0.05, 0) is 54.7 Å². The van der Waals surface area contributed by atoms with E-state index in [4.69, 9.17) is 27.9 Å². The highest BCUT2D eigenvalue weighted by Crippen LogP contribution is 2.38. The minimum Gasteiger partial charge on any atom is -0.378 e. The Labute approximate surface area is 245 Å². The van der Waals surface area contributed by atoms with Gasteiger partial charge in [-0.1, -0.05) is 35.3 Å². The first-order valence-corrected chi connectivity index (χ1v) is 14.2. The van der Waals surface area contributed by atoms with E-state index in [-0.39, 0.29) is 30.3 Å². The predicted molar refractivity (Wildman–Crippen MR) is 155 cm³/mol. The number of ether oxygens (including phenoxy) is 1. The topological polar surface area (TPSA) is 65.1 Å². The fourth-order valence-corrected chi connectivity index (χ4v) is 6.65. The van der Waals surface area contributed by atoms with Crippen molar-refractivity contribution in [3.63, 3.8) is 0 Å². The Hall–Kier alpha value is -2.45. The van der Waals surface area contributed by atoms with Crippen LogP contribution >= 0.6 is 35.6 Å². The van der Waals surface area contributed by atoms with Gasteiger partial charge in [0.15, 0.2) is 0 Å². The number of amides is 2. The largest absolute Gasteiger partial charge is 0.378 e. The molecule has 2 fully saturated rings. The number of hydrogen-bond donors (Lipinski definition) is 1. The van der Waals surface area contributed by atoms with Crippen molar-refractivity contribution in [2.45, 2.75) is 44.7 Å². The molecule has 6 rings (SSSR count). The van der Waals surface area contributed by atoms with Gasteiger partial charge in [0.2, 0.25) is 5.91 Å². The molecule has 1 N–H and O–H groups in total. The van der Waals surface area contributed by atoms with Crippen LogP contribution in [0.15, 0.2) is 47.8 Å². The minimum absolute atomic E-state index is 0. The Morgan fingerprint density at radius 3 is 2.38 bits per heavy atom. The highest BCUT2D eigenvalue weighted by Gasteiger charge is 2.35. The van der Waals surface area contributed by atoms with Gasteiger partial charge in [0.25, 0.3) is 5.91 Å². The lowest BCUT2D eigenvalue weighted by Crippen LogP contribution is -2.40. The predicted octanol–water partition coefficient (Wildman–Crippen LogP) is 5.30. The molecule has 2 aromatic carbocycles. The average molecular weight is 592 g/mol. The molecule has 3 heterocycles. The lowest BCUT2D eigenvalue weighted by molar-refractivity contribution is -0.129. The van der Waals surface area contributed by atoms with E-state index >= 15 is 0 Å². The number of nitrogens with zero attached hydrogens (tertiary/aromatic N) is 3. The second-order valence-electron chi connectivity index (χ2n) is 10.4. The third-order valence-corrected chi connectivity index (χ3v) is 8.85. The van der Waals surface area contributed by atoms with Crippen molar-refractivity contribution in [1.29, 1.82) is 0 Å². The van der Waals surface area contributed by atoms with E-state index < -0.39 is 0 Å². The fraction of sp³-hybridized carbons (Fsp3) is 0.448. The van der Waals surface area contributed by atoms with Crippen LogP contribution in [0.1, 0.15) is 48.0 Å². The summed E-state index contributed by atoms with van der Waals surface area (Å²) in [5.41, 5.74) is 5.99. The molecule has 1 atom stereocenters. The number of benzene rings is 2. The molecule has 2 amide bonds. The highest BCUT2D eigenvalue weighted by molar-refractivity contribution is 6.36. The minimum atomic E-state index is 0. The molecule has 10 heteroatoms. The van der Waals surface area contributed by atoms with Crippen LogP contribution in [0, 0.1) is 0 Å². The summed E-state index contributed by atoms with van der Waals surface area (Å²) in [6, 6.07) is 11.8. The van der Waals surface area contributed by atoms with Gasteiger partial charge in [0, 0.05) is 77.6 Å². The van der Waals surface area contributed by atoms with Crippen molar-refractivity contribution < 1.29 is 14.3 Å². The van der Waals surface area contributed by atoms with Crippen molar-refractivity contribution in [2.24, 2.45) is 0 Å². The maximum absolute atomic E-state index is 12.8. The number of carbonyl (C=O) groups excluding carboxylic acids is 2. The zero-order valence-electron chi connectivity index (χ0n) is 21.8. The van der Waals surface area contributed by atoms with E-state index in [1.807, 2.05) is 41.3 Å². The number of carbonyl (C=O) groups is 2. The summed E-state index contributed by atoms with van der Waals surface area (Å²) in [4.78, 5) is 31.3. The average Bonchev–Trinajstić information content (AvgIpc) is 3.56. The van der Waals surface area contributed by atoms with Crippen LogP contribution in [-0.4, -0.2) is 72.1 Å². The Morgan fingerprint density at radius 1 is 1.00 bits per heavy atom. The molecule has 2 saturated heterocycles. The van der Waals surface area contributed by atoms with E-state index in [0.717, 1.165) is 55.6 Å². The van der Waals surface area contributed by atoms with Crippen LogP contribution in [-0.2, 0) is 16.1 Å². The smallest absolute Gasteiger partial charge is 0.254 e. The van der Waals surface area contributed by atoms with Gasteiger partial charge in [-0.25, -0.2) is 0 Å². The third-order valence-electron chi connectivity index (χ3n) is 8.17. The quantitative estimate of drug-likeness (QED) is 0.511. The summed E-state index contributed by atoms with van der Waals surface area (Å²) in [7, 11) is 0. The molecule has 208 valence electrons.